The van der Waals surface area contributed by atoms with Gasteiger partial charge in [-0.1, -0.05) is 31.9 Å². The van der Waals surface area contributed by atoms with Crippen molar-refractivity contribution in [3.8, 4) is 0 Å². The minimum absolute atomic E-state index is 0.495. The van der Waals surface area contributed by atoms with Gasteiger partial charge in [-0.15, -0.1) is 0 Å². The molecule has 4 aromatic rings. The van der Waals surface area contributed by atoms with E-state index in [2.05, 4.69) is 66.0 Å². The number of furan rings is 1. The van der Waals surface area contributed by atoms with Gasteiger partial charge in [-0.25, -0.2) is 0 Å². The molecule has 134 valence electrons. The van der Waals surface area contributed by atoms with Gasteiger partial charge in [-0.3, -0.25) is 0 Å². The lowest BCUT2D eigenvalue weighted by atomic mass is 10.2. The van der Waals surface area contributed by atoms with Gasteiger partial charge in [-0.2, -0.15) is 0 Å². The molecular weight excluding hydrogens is 460 g/mol. The molecule has 4 rings (SSSR count). The average molecular weight is 478 g/mol. The summed E-state index contributed by atoms with van der Waals surface area (Å²) in [6.07, 6.45) is 1.15. The average Bonchev–Trinajstić information content (AvgIpc) is 3.22. The van der Waals surface area contributed by atoms with Crippen LogP contribution in [-0.4, -0.2) is 22.3 Å². The van der Waals surface area contributed by atoms with E-state index < -0.39 is 6.10 Å². The molecule has 0 spiro atoms. The van der Waals surface area contributed by atoms with Crippen molar-refractivity contribution in [2.24, 2.45) is 0 Å². The number of aliphatic hydroxyl groups is 1. The summed E-state index contributed by atoms with van der Waals surface area (Å²) >= 11 is 7.12. The van der Waals surface area contributed by atoms with Crippen LogP contribution in [0.5, 0.6) is 0 Å². The topological polar surface area (TPSA) is 50.3 Å². The predicted molar refractivity (Wildman–Crippen MR) is 111 cm³/mol. The molecule has 0 aliphatic carbocycles. The molecule has 26 heavy (non-hydrogen) atoms. The van der Waals surface area contributed by atoms with E-state index in [0.29, 0.717) is 19.6 Å². The van der Waals surface area contributed by atoms with Crippen molar-refractivity contribution in [1.82, 2.24) is 9.88 Å². The molecule has 2 aromatic heterocycles. The lowest BCUT2D eigenvalue weighted by molar-refractivity contribution is 0.153. The Morgan fingerprint density at radius 1 is 1.00 bits per heavy atom. The lowest BCUT2D eigenvalue weighted by Gasteiger charge is -2.14. The number of hydrogen-bond acceptors (Lipinski definition) is 3. The number of aromatic nitrogens is 1. The summed E-state index contributed by atoms with van der Waals surface area (Å²) in [7, 11) is 0. The highest BCUT2D eigenvalue weighted by Gasteiger charge is 2.14. The van der Waals surface area contributed by atoms with Crippen LogP contribution in [0.4, 0.5) is 0 Å². The molecule has 2 heterocycles. The van der Waals surface area contributed by atoms with Gasteiger partial charge < -0.3 is 19.4 Å². The zero-order chi connectivity index (χ0) is 18.1. The van der Waals surface area contributed by atoms with Crippen molar-refractivity contribution in [2.45, 2.75) is 19.2 Å². The van der Waals surface area contributed by atoms with E-state index in [1.807, 2.05) is 24.3 Å². The summed E-state index contributed by atoms with van der Waals surface area (Å²) < 4.78 is 9.58. The van der Waals surface area contributed by atoms with Crippen molar-refractivity contribution in [3.05, 3.63) is 69.5 Å². The Morgan fingerprint density at radius 2 is 1.65 bits per heavy atom. The van der Waals surface area contributed by atoms with Gasteiger partial charge in [-0.05, 0) is 48.5 Å². The third-order valence-corrected chi connectivity index (χ3v) is 5.43. The monoisotopic (exact) mass is 476 g/mol. The molecule has 2 aromatic carbocycles. The van der Waals surface area contributed by atoms with Gasteiger partial charge in [0, 0.05) is 37.3 Å². The molecule has 0 aliphatic rings. The maximum atomic E-state index is 10.5. The maximum Gasteiger partial charge on any atom is 0.117 e. The summed E-state index contributed by atoms with van der Waals surface area (Å²) in [6, 6.07) is 16.3. The summed E-state index contributed by atoms with van der Waals surface area (Å²) in [6.45, 7) is 1.63. The fourth-order valence-electron chi connectivity index (χ4n) is 3.30. The number of nitrogens with zero attached hydrogens (tertiary/aromatic N) is 1. The van der Waals surface area contributed by atoms with Gasteiger partial charge in [0.15, 0.2) is 0 Å². The molecule has 0 unspecified atom stereocenters. The van der Waals surface area contributed by atoms with Crippen LogP contribution in [0.2, 0.25) is 0 Å². The third-order valence-electron chi connectivity index (χ3n) is 4.44. The van der Waals surface area contributed by atoms with Crippen molar-refractivity contribution in [2.75, 3.05) is 6.54 Å². The Morgan fingerprint density at radius 3 is 2.23 bits per heavy atom. The second-order valence-electron chi connectivity index (χ2n) is 6.30. The van der Waals surface area contributed by atoms with Crippen LogP contribution in [0.1, 0.15) is 5.76 Å². The minimum atomic E-state index is -0.504. The number of hydrogen-bond donors (Lipinski definition) is 2. The van der Waals surface area contributed by atoms with E-state index in [0.717, 1.165) is 25.7 Å². The van der Waals surface area contributed by atoms with E-state index in [9.17, 15) is 5.11 Å². The normalized spacial score (nSPS) is 12.9. The fourth-order valence-corrected chi connectivity index (χ4v) is 4.02. The first-order valence-corrected chi connectivity index (χ1v) is 9.98. The molecule has 4 nitrogen and oxygen atoms in total. The Hall–Kier alpha value is -1.60. The highest BCUT2D eigenvalue weighted by Crippen LogP contribution is 2.33. The highest BCUT2D eigenvalue weighted by atomic mass is 79.9. The number of rotatable bonds is 6. The van der Waals surface area contributed by atoms with Gasteiger partial charge in [0.05, 0.1) is 25.5 Å². The molecule has 0 aliphatic heterocycles. The van der Waals surface area contributed by atoms with E-state index in [1.165, 1.54) is 10.8 Å². The van der Waals surface area contributed by atoms with Gasteiger partial charge >= 0.3 is 0 Å². The zero-order valence-electron chi connectivity index (χ0n) is 14.0. The quantitative estimate of drug-likeness (QED) is 0.408. The Labute approximate surface area is 168 Å². The van der Waals surface area contributed by atoms with Crippen LogP contribution < -0.4 is 5.32 Å². The van der Waals surface area contributed by atoms with E-state index >= 15 is 0 Å². The number of halogens is 2. The molecule has 0 bridgehead atoms. The molecule has 0 saturated heterocycles. The van der Waals surface area contributed by atoms with Gasteiger partial charge in [0.25, 0.3) is 0 Å². The van der Waals surface area contributed by atoms with Crippen molar-refractivity contribution < 1.29 is 9.52 Å². The van der Waals surface area contributed by atoms with Crippen LogP contribution in [-0.2, 0) is 13.1 Å². The standard InChI is InChI=1S/C20H18Br2N2O2/c21-13-3-5-19-17(8-13)18-9-14(22)4-6-20(18)24(19)12-15(25)10-23-11-16-2-1-7-26-16/h1-9,15,23,25H,10-12H2/t15-/m1/s1. The second-order valence-corrected chi connectivity index (χ2v) is 8.13. The van der Waals surface area contributed by atoms with Crippen LogP contribution in [0.3, 0.4) is 0 Å². The maximum absolute atomic E-state index is 10.5. The lowest BCUT2D eigenvalue weighted by Crippen LogP contribution is -2.29. The molecule has 0 saturated carbocycles. The fraction of sp³-hybridized carbons (Fsp3) is 0.200. The summed E-state index contributed by atoms with van der Waals surface area (Å²) in [5.74, 6) is 0.865. The molecule has 0 radical (unpaired) electrons. The van der Waals surface area contributed by atoms with E-state index in [-0.39, 0.29) is 0 Å². The van der Waals surface area contributed by atoms with Crippen LogP contribution >= 0.6 is 31.9 Å². The van der Waals surface area contributed by atoms with Crippen LogP contribution in [0.15, 0.2) is 68.2 Å². The third kappa shape index (κ3) is 3.60. The smallest absolute Gasteiger partial charge is 0.117 e. The van der Waals surface area contributed by atoms with Crippen molar-refractivity contribution >= 4 is 53.7 Å². The van der Waals surface area contributed by atoms with Gasteiger partial charge in [0.2, 0.25) is 0 Å². The first-order valence-electron chi connectivity index (χ1n) is 8.40. The van der Waals surface area contributed by atoms with Crippen molar-refractivity contribution in [3.63, 3.8) is 0 Å². The molecule has 6 heteroatoms. The Kier molecular flexibility index (Phi) is 5.18. The van der Waals surface area contributed by atoms with E-state index in [4.69, 9.17) is 4.42 Å². The largest absolute Gasteiger partial charge is 0.468 e. The van der Waals surface area contributed by atoms with Gasteiger partial charge in [0.1, 0.15) is 5.76 Å². The molecule has 1 atom stereocenters. The molecule has 0 fully saturated rings. The Bertz CT molecular complexity index is 982. The number of aliphatic hydroxyl groups excluding tert-OH is 1. The first-order chi connectivity index (χ1) is 12.6. The number of nitrogens with one attached hydrogen (secondary N) is 1. The summed E-state index contributed by atoms with van der Waals surface area (Å²) in [5, 5.41) is 16.1. The first kappa shape index (κ1) is 17.8. The van der Waals surface area contributed by atoms with E-state index in [1.54, 1.807) is 6.26 Å². The highest BCUT2D eigenvalue weighted by molar-refractivity contribution is 9.10. The van der Waals surface area contributed by atoms with Crippen molar-refractivity contribution in [1.29, 1.82) is 0 Å². The summed E-state index contributed by atoms with van der Waals surface area (Å²) in [5.41, 5.74) is 2.23. The van der Waals surface area contributed by atoms with Crippen LogP contribution in [0, 0.1) is 0 Å². The Balaban J connectivity index is 1.60. The van der Waals surface area contributed by atoms with Crippen LogP contribution in [0.25, 0.3) is 21.8 Å². The number of benzene rings is 2. The number of fused-ring (bicyclic) bond motifs is 3. The predicted octanol–water partition coefficient (Wildman–Crippen LogP) is 5.06. The zero-order valence-corrected chi connectivity index (χ0v) is 17.1. The SMILES string of the molecule is O[C@H](CNCc1ccco1)Cn1c2ccc(Br)cc2c2cc(Br)ccc21. The molecule has 0 amide bonds. The molecular formula is C20H18Br2N2O2. The minimum Gasteiger partial charge on any atom is -0.468 e. The summed E-state index contributed by atoms with van der Waals surface area (Å²) in [4.78, 5) is 0. The second kappa shape index (κ2) is 7.56. The molecule has 2 N–H and O–H groups in total.